The lowest BCUT2D eigenvalue weighted by molar-refractivity contribution is -0.122. The monoisotopic (exact) mass is 406 g/mol. The third-order valence-electron chi connectivity index (χ3n) is 5.59. The molecule has 1 N–H and O–H groups in total. The number of hydrogen-bond acceptors (Lipinski definition) is 3. The molecule has 0 saturated heterocycles. The van der Waals surface area contributed by atoms with Crippen LogP contribution in [0, 0.1) is 12.7 Å². The highest BCUT2D eigenvalue weighted by Gasteiger charge is 2.37. The molecule has 30 heavy (non-hydrogen) atoms. The van der Waals surface area contributed by atoms with Gasteiger partial charge in [0.05, 0.1) is 23.4 Å². The van der Waals surface area contributed by atoms with Crippen LogP contribution in [0.2, 0.25) is 0 Å². The van der Waals surface area contributed by atoms with E-state index in [1.54, 1.807) is 12.1 Å². The fourth-order valence-electron chi connectivity index (χ4n) is 4.06. The number of carbonyl (C=O) groups is 1. The Bertz CT molecular complexity index is 1040. The van der Waals surface area contributed by atoms with E-state index in [2.05, 4.69) is 45.7 Å². The Morgan fingerprint density at radius 1 is 1.23 bits per heavy atom. The molecule has 1 aliphatic heterocycles. The molecule has 1 atom stereocenters. The predicted octanol–water partition coefficient (Wildman–Crippen LogP) is 4.65. The Hall–Kier alpha value is -2.99. The number of nitrogens with one attached hydrogen (secondary N) is 1. The van der Waals surface area contributed by atoms with Gasteiger partial charge in [0, 0.05) is 25.6 Å². The minimum atomic E-state index is -0.542. The summed E-state index contributed by atoms with van der Waals surface area (Å²) in [6.07, 6.45) is 2.60. The number of halogens is 1. The average Bonchev–Trinajstić information content (AvgIpc) is 3.15. The van der Waals surface area contributed by atoms with E-state index < -0.39 is 11.9 Å². The number of carbonyl (C=O) groups excluding carboxylic acids is 1. The molecule has 6 heteroatoms. The second-order valence-corrected chi connectivity index (χ2v) is 8.16. The van der Waals surface area contributed by atoms with Crippen LogP contribution < -0.4 is 5.32 Å². The molecule has 0 fully saturated rings. The van der Waals surface area contributed by atoms with Gasteiger partial charge in [0.25, 0.3) is 0 Å². The van der Waals surface area contributed by atoms with Crippen molar-refractivity contribution < 1.29 is 9.18 Å². The molecule has 0 aliphatic carbocycles. The van der Waals surface area contributed by atoms with Crippen molar-refractivity contribution in [2.45, 2.75) is 45.8 Å². The van der Waals surface area contributed by atoms with Crippen molar-refractivity contribution in [1.82, 2.24) is 14.5 Å². The molecule has 1 amide bonds. The molecule has 0 radical (unpaired) electrons. The average molecular weight is 407 g/mol. The number of anilines is 1. The van der Waals surface area contributed by atoms with E-state index in [0.717, 1.165) is 28.9 Å². The molecule has 2 aromatic carbocycles. The fraction of sp³-hybridized carbons (Fsp3) is 0.333. The molecule has 0 saturated carbocycles. The van der Waals surface area contributed by atoms with Gasteiger partial charge in [-0.2, -0.15) is 0 Å². The van der Waals surface area contributed by atoms with Gasteiger partial charge in [-0.25, -0.2) is 9.37 Å². The minimum Gasteiger partial charge on any atom is -0.330 e. The molecule has 2 heterocycles. The minimum absolute atomic E-state index is 0.171. The zero-order chi connectivity index (χ0) is 21.3. The number of aromatic nitrogens is 2. The number of rotatable bonds is 5. The quantitative estimate of drug-likeness (QED) is 0.671. The van der Waals surface area contributed by atoms with Crippen LogP contribution >= 0.6 is 0 Å². The van der Waals surface area contributed by atoms with Crippen LogP contribution in [-0.4, -0.2) is 26.9 Å². The molecule has 5 nitrogen and oxygen atoms in total. The van der Waals surface area contributed by atoms with Crippen LogP contribution in [0.5, 0.6) is 0 Å². The highest BCUT2D eigenvalue weighted by atomic mass is 19.1. The Balaban J connectivity index is 1.70. The molecule has 4 rings (SSSR count). The first-order chi connectivity index (χ1) is 14.4. The summed E-state index contributed by atoms with van der Waals surface area (Å²) in [5.74, 6) is -0.664. The lowest BCUT2D eigenvalue weighted by Gasteiger charge is -2.36. The van der Waals surface area contributed by atoms with E-state index >= 15 is 0 Å². The van der Waals surface area contributed by atoms with E-state index in [0.29, 0.717) is 13.1 Å². The molecule has 1 aliphatic rings. The third kappa shape index (κ3) is 4.00. The summed E-state index contributed by atoms with van der Waals surface area (Å²) in [7, 11) is 0. The van der Waals surface area contributed by atoms with E-state index in [1.807, 2.05) is 31.5 Å². The zero-order valence-corrected chi connectivity index (χ0v) is 17.6. The van der Waals surface area contributed by atoms with Gasteiger partial charge >= 0.3 is 0 Å². The molecular weight excluding hydrogens is 379 g/mol. The second-order valence-electron chi connectivity index (χ2n) is 8.16. The first kappa shape index (κ1) is 20.3. The maximum Gasteiger partial charge on any atom is 0.248 e. The Kier molecular flexibility index (Phi) is 5.68. The molecule has 0 spiro atoms. The van der Waals surface area contributed by atoms with Crippen LogP contribution in [0.3, 0.4) is 0 Å². The maximum absolute atomic E-state index is 14.4. The van der Waals surface area contributed by atoms with E-state index in [-0.39, 0.29) is 17.6 Å². The number of hydrogen-bond donors (Lipinski definition) is 1. The fourth-order valence-corrected chi connectivity index (χ4v) is 4.06. The first-order valence-electron chi connectivity index (χ1n) is 10.3. The van der Waals surface area contributed by atoms with Crippen molar-refractivity contribution >= 4 is 11.6 Å². The lowest BCUT2D eigenvalue weighted by atomic mass is 9.99. The maximum atomic E-state index is 14.4. The van der Waals surface area contributed by atoms with Crippen molar-refractivity contribution in [3.05, 3.63) is 83.2 Å². The van der Waals surface area contributed by atoms with E-state index in [4.69, 9.17) is 0 Å². The summed E-state index contributed by atoms with van der Waals surface area (Å²) in [5, 5.41) is 2.82. The Morgan fingerprint density at radius 2 is 2.00 bits per heavy atom. The zero-order valence-electron chi connectivity index (χ0n) is 17.6. The molecule has 156 valence electrons. The standard InChI is InChI=1S/C24H27FN4O/c1-16(2)29-15-26-21-11-12-28(14-18-7-5-4-6-8-18)23(22(21)29)24(30)27-20-10-9-17(3)13-19(20)25/h4-10,13,15-16,23H,11-12,14H2,1-3H3,(H,27,30)/t23-/m0/s1. The molecule has 0 bridgehead atoms. The van der Waals surface area contributed by atoms with Gasteiger partial charge in [-0.15, -0.1) is 0 Å². The summed E-state index contributed by atoms with van der Waals surface area (Å²) in [6.45, 7) is 7.33. The number of nitrogens with zero attached hydrogens (tertiary/aromatic N) is 3. The summed E-state index contributed by atoms with van der Waals surface area (Å²) in [4.78, 5) is 20.2. The Morgan fingerprint density at radius 3 is 2.70 bits per heavy atom. The van der Waals surface area contributed by atoms with Crippen LogP contribution in [0.15, 0.2) is 54.9 Å². The van der Waals surface area contributed by atoms with E-state index in [1.165, 1.54) is 6.07 Å². The highest BCUT2D eigenvalue weighted by molar-refractivity contribution is 5.95. The van der Waals surface area contributed by atoms with Crippen molar-refractivity contribution in [2.75, 3.05) is 11.9 Å². The summed E-state index contributed by atoms with van der Waals surface area (Å²) in [5.41, 5.74) is 3.99. The number of aryl methyl sites for hydroxylation is 1. The van der Waals surface area contributed by atoms with Crippen molar-refractivity contribution in [3.8, 4) is 0 Å². The first-order valence-corrected chi connectivity index (χ1v) is 10.3. The smallest absolute Gasteiger partial charge is 0.248 e. The predicted molar refractivity (Wildman–Crippen MR) is 116 cm³/mol. The largest absolute Gasteiger partial charge is 0.330 e. The van der Waals surface area contributed by atoms with Gasteiger partial charge in [-0.3, -0.25) is 9.69 Å². The van der Waals surface area contributed by atoms with E-state index in [9.17, 15) is 9.18 Å². The number of fused-ring (bicyclic) bond motifs is 1. The SMILES string of the molecule is Cc1ccc(NC(=O)[C@@H]2c3c(ncn3C(C)C)CCN2Cc2ccccc2)c(F)c1. The summed E-state index contributed by atoms with van der Waals surface area (Å²) >= 11 is 0. The van der Waals surface area contributed by atoms with Gasteiger partial charge in [0.15, 0.2) is 0 Å². The van der Waals surface area contributed by atoms with Gasteiger partial charge in [-0.1, -0.05) is 36.4 Å². The molecular formula is C24H27FN4O. The molecule has 1 aromatic heterocycles. The van der Waals surface area contributed by atoms with Gasteiger partial charge in [0.2, 0.25) is 5.91 Å². The van der Waals surface area contributed by atoms with Gasteiger partial charge < -0.3 is 9.88 Å². The number of imidazole rings is 1. The van der Waals surface area contributed by atoms with Crippen molar-refractivity contribution in [2.24, 2.45) is 0 Å². The summed E-state index contributed by atoms with van der Waals surface area (Å²) in [6, 6.07) is 14.6. The Labute approximate surface area is 176 Å². The summed E-state index contributed by atoms with van der Waals surface area (Å²) < 4.78 is 16.5. The number of amides is 1. The second kappa shape index (κ2) is 8.40. The molecule has 3 aromatic rings. The van der Waals surface area contributed by atoms with Gasteiger partial charge in [-0.05, 0) is 44.0 Å². The van der Waals surface area contributed by atoms with Gasteiger partial charge in [0.1, 0.15) is 11.9 Å². The number of benzene rings is 2. The normalized spacial score (nSPS) is 16.5. The van der Waals surface area contributed by atoms with Crippen LogP contribution in [0.25, 0.3) is 0 Å². The van der Waals surface area contributed by atoms with Crippen molar-refractivity contribution in [3.63, 3.8) is 0 Å². The van der Waals surface area contributed by atoms with Crippen LogP contribution in [0.1, 0.15) is 48.4 Å². The third-order valence-corrected chi connectivity index (χ3v) is 5.59. The highest BCUT2D eigenvalue weighted by Crippen LogP contribution is 2.33. The van der Waals surface area contributed by atoms with Crippen LogP contribution in [-0.2, 0) is 17.8 Å². The molecule has 0 unspecified atom stereocenters. The topological polar surface area (TPSA) is 50.2 Å². The van der Waals surface area contributed by atoms with Crippen molar-refractivity contribution in [1.29, 1.82) is 0 Å². The van der Waals surface area contributed by atoms with Crippen LogP contribution in [0.4, 0.5) is 10.1 Å². The lowest BCUT2D eigenvalue weighted by Crippen LogP contribution is -2.43.